The second-order valence-corrected chi connectivity index (χ2v) is 4.18. The van der Waals surface area contributed by atoms with Crippen molar-refractivity contribution in [2.45, 2.75) is 13.8 Å². The van der Waals surface area contributed by atoms with Crippen molar-refractivity contribution in [1.29, 1.82) is 0 Å². The summed E-state index contributed by atoms with van der Waals surface area (Å²) in [5.41, 5.74) is 1.91. The summed E-state index contributed by atoms with van der Waals surface area (Å²) in [5, 5.41) is 20.9. The lowest BCUT2D eigenvalue weighted by atomic mass is 10.3. The molecule has 0 unspecified atom stereocenters. The van der Waals surface area contributed by atoms with Crippen LogP contribution in [0.5, 0.6) is 0 Å². The van der Waals surface area contributed by atoms with Gasteiger partial charge in [-0.3, -0.25) is 0 Å². The first-order chi connectivity index (χ1) is 9.06. The average Bonchev–Trinajstić information content (AvgIpc) is 2.93. The minimum atomic E-state index is -1.06. The fourth-order valence-electron chi connectivity index (χ4n) is 1.82. The SMILES string of the molecule is Cc1cn(-c2nc3c(C(=O)O)cnn3cc2C)nn1. The average molecular weight is 258 g/mol. The third-order valence-electron chi connectivity index (χ3n) is 2.70. The molecular weight excluding hydrogens is 248 g/mol. The largest absolute Gasteiger partial charge is 0.477 e. The van der Waals surface area contributed by atoms with Gasteiger partial charge >= 0.3 is 5.97 Å². The van der Waals surface area contributed by atoms with Gasteiger partial charge in [0.05, 0.1) is 18.1 Å². The zero-order valence-corrected chi connectivity index (χ0v) is 10.3. The predicted molar refractivity (Wildman–Crippen MR) is 64.3 cm³/mol. The van der Waals surface area contributed by atoms with Crippen LogP contribution >= 0.6 is 0 Å². The molecule has 0 bridgehead atoms. The lowest BCUT2D eigenvalue weighted by Gasteiger charge is -2.04. The Bertz CT molecular complexity index is 788. The van der Waals surface area contributed by atoms with E-state index in [0.717, 1.165) is 11.3 Å². The molecule has 0 aromatic carbocycles. The van der Waals surface area contributed by atoms with Crippen LogP contribution in [-0.4, -0.2) is 40.7 Å². The van der Waals surface area contributed by atoms with Gasteiger partial charge < -0.3 is 5.11 Å². The van der Waals surface area contributed by atoms with E-state index in [1.54, 1.807) is 12.4 Å². The molecule has 0 radical (unpaired) electrons. The Morgan fingerprint density at radius 1 is 1.32 bits per heavy atom. The molecular formula is C11H10N6O2. The number of aryl methyl sites for hydroxylation is 2. The van der Waals surface area contributed by atoms with Crippen molar-refractivity contribution in [2.75, 3.05) is 0 Å². The van der Waals surface area contributed by atoms with Crippen molar-refractivity contribution in [1.82, 2.24) is 29.6 Å². The molecule has 0 saturated carbocycles. The third-order valence-corrected chi connectivity index (χ3v) is 2.70. The lowest BCUT2D eigenvalue weighted by molar-refractivity contribution is 0.0699. The highest BCUT2D eigenvalue weighted by atomic mass is 16.4. The minimum Gasteiger partial charge on any atom is -0.477 e. The molecule has 96 valence electrons. The summed E-state index contributed by atoms with van der Waals surface area (Å²) in [7, 11) is 0. The molecule has 8 heteroatoms. The van der Waals surface area contributed by atoms with Crippen molar-refractivity contribution >= 4 is 11.6 Å². The molecule has 19 heavy (non-hydrogen) atoms. The van der Waals surface area contributed by atoms with E-state index in [4.69, 9.17) is 5.11 Å². The predicted octanol–water partition coefficient (Wildman–Crippen LogP) is 0.625. The highest BCUT2D eigenvalue weighted by molar-refractivity contribution is 5.94. The monoisotopic (exact) mass is 258 g/mol. The Labute approximate surface area is 107 Å². The number of carboxylic acids is 1. The maximum Gasteiger partial charge on any atom is 0.341 e. The molecule has 1 N–H and O–H groups in total. The van der Waals surface area contributed by atoms with Crippen LogP contribution in [0.3, 0.4) is 0 Å². The molecule has 3 aromatic rings. The summed E-state index contributed by atoms with van der Waals surface area (Å²) in [6, 6.07) is 0. The molecule has 0 aliphatic rings. The molecule has 3 rings (SSSR count). The normalized spacial score (nSPS) is 11.1. The number of carboxylic acid groups (broad SMARTS) is 1. The van der Waals surface area contributed by atoms with Gasteiger partial charge in [0.25, 0.3) is 0 Å². The molecule has 0 saturated heterocycles. The Hall–Kier alpha value is -2.77. The second-order valence-electron chi connectivity index (χ2n) is 4.18. The number of carbonyl (C=O) groups is 1. The van der Waals surface area contributed by atoms with E-state index in [-0.39, 0.29) is 11.2 Å². The van der Waals surface area contributed by atoms with Gasteiger partial charge in [-0.05, 0) is 13.8 Å². The van der Waals surface area contributed by atoms with Crippen molar-refractivity contribution in [3.63, 3.8) is 0 Å². The molecule has 0 aliphatic carbocycles. The lowest BCUT2D eigenvalue weighted by Crippen LogP contribution is -2.06. The molecule has 3 aromatic heterocycles. The molecule has 3 heterocycles. The van der Waals surface area contributed by atoms with Crippen molar-refractivity contribution in [3.05, 3.63) is 35.4 Å². The molecule has 0 aliphatic heterocycles. The van der Waals surface area contributed by atoms with Crippen molar-refractivity contribution in [3.8, 4) is 5.82 Å². The third kappa shape index (κ3) is 1.73. The zero-order valence-electron chi connectivity index (χ0n) is 10.3. The smallest absolute Gasteiger partial charge is 0.341 e. The molecule has 0 fully saturated rings. The number of nitrogens with zero attached hydrogens (tertiary/aromatic N) is 6. The van der Waals surface area contributed by atoms with E-state index in [1.807, 2.05) is 13.8 Å². The van der Waals surface area contributed by atoms with Crippen LogP contribution in [0.2, 0.25) is 0 Å². The van der Waals surface area contributed by atoms with Crippen molar-refractivity contribution in [2.24, 2.45) is 0 Å². The number of hydrogen-bond acceptors (Lipinski definition) is 5. The summed E-state index contributed by atoms with van der Waals surface area (Å²) in [6.45, 7) is 3.67. The Morgan fingerprint density at radius 3 is 2.74 bits per heavy atom. The van der Waals surface area contributed by atoms with Gasteiger partial charge in [0.1, 0.15) is 5.56 Å². The summed E-state index contributed by atoms with van der Waals surface area (Å²) in [5.74, 6) is -0.525. The summed E-state index contributed by atoms with van der Waals surface area (Å²) in [4.78, 5) is 15.4. The standard InChI is InChI=1S/C11H10N6O2/c1-6-4-16-10(8(3-12-16)11(18)19)13-9(6)17-5-7(2)14-15-17/h3-5H,1-2H3,(H,18,19). The minimum absolute atomic E-state index is 0.0538. The van der Waals surface area contributed by atoms with Gasteiger partial charge in [-0.25, -0.2) is 19.0 Å². The maximum atomic E-state index is 11.1. The van der Waals surface area contributed by atoms with Crippen LogP contribution in [0.25, 0.3) is 11.5 Å². The fourth-order valence-corrected chi connectivity index (χ4v) is 1.82. The van der Waals surface area contributed by atoms with Gasteiger partial charge in [0, 0.05) is 11.8 Å². The Kier molecular flexibility index (Phi) is 2.31. The van der Waals surface area contributed by atoms with E-state index < -0.39 is 5.97 Å². The molecule has 0 amide bonds. The van der Waals surface area contributed by atoms with Crippen molar-refractivity contribution < 1.29 is 9.90 Å². The van der Waals surface area contributed by atoms with Gasteiger partial charge in [0.15, 0.2) is 11.5 Å². The van der Waals surface area contributed by atoms with E-state index >= 15 is 0 Å². The van der Waals surface area contributed by atoms with Crippen LogP contribution in [0.4, 0.5) is 0 Å². The first kappa shape index (κ1) is 11.3. The quantitative estimate of drug-likeness (QED) is 0.723. The van der Waals surface area contributed by atoms with Crippen LogP contribution in [-0.2, 0) is 0 Å². The van der Waals surface area contributed by atoms with Gasteiger partial charge in [-0.15, -0.1) is 5.10 Å². The first-order valence-electron chi connectivity index (χ1n) is 5.54. The number of aromatic nitrogens is 6. The fraction of sp³-hybridized carbons (Fsp3) is 0.182. The zero-order chi connectivity index (χ0) is 13.6. The number of rotatable bonds is 2. The second kappa shape index (κ2) is 3.87. The van der Waals surface area contributed by atoms with Gasteiger partial charge in [0.2, 0.25) is 0 Å². The van der Waals surface area contributed by atoms with Crippen LogP contribution in [0, 0.1) is 13.8 Å². The van der Waals surface area contributed by atoms with E-state index in [9.17, 15) is 4.79 Å². The number of aromatic carboxylic acids is 1. The van der Waals surface area contributed by atoms with E-state index in [2.05, 4.69) is 20.4 Å². The molecule has 8 nitrogen and oxygen atoms in total. The Balaban J connectivity index is 2.27. The molecule has 0 atom stereocenters. The summed E-state index contributed by atoms with van der Waals surface area (Å²) >= 11 is 0. The van der Waals surface area contributed by atoms with Gasteiger partial charge in [-0.2, -0.15) is 5.10 Å². The highest BCUT2D eigenvalue weighted by Gasteiger charge is 2.15. The number of fused-ring (bicyclic) bond motifs is 1. The van der Waals surface area contributed by atoms with Crippen LogP contribution < -0.4 is 0 Å². The van der Waals surface area contributed by atoms with Crippen LogP contribution in [0.15, 0.2) is 18.6 Å². The number of hydrogen-bond donors (Lipinski definition) is 1. The summed E-state index contributed by atoms with van der Waals surface area (Å²) in [6.07, 6.45) is 4.71. The van der Waals surface area contributed by atoms with E-state index in [1.165, 1.54) is 15.4 Å². The topological polar surface area (TPSA) is 98.2 Å². The van der Waals surface area contributed by atoms with E-state index in [0.29, 0.717) is 5.82 Å². The Morgan fingerprint density at radius 2 is 2.11 bits per heavy atom. The highest BCUT2D eigenvalue weighted by Crippen LogP contribution is 2.15. The summed E-state index contributed by atoms with van der Waals surface area (Å²) < 4.78 is 2.95. The maximum absolute atomic E-state index is 11.1. The van der Waals surface area contributed by atoms with Gasteiger partial charge in [-0.1, -0.05) is 5.21 Å². The molecule has 0 spiro atoms. The van der Waals surface area contributed by atoms with Crippen LogP contribution in [0.1, 0.15) is 21.6 Å². The first-order valence-corrected chi connectivity index (χ1v) is 5.54.